The maximum atomic E-state index is 12.7. The summed E-state index contributed by atoms with van der Waals surface area (Å²) in [4.78, 5) is 14.6. The van der Waals surface area contributed by atoms with Crippen molar-refractivity contribution in [3.8, 4) is 0 Å². The first kappa shape index (κ1) is 20.2. The summed E-state index contributed by atoms with van der Waals surface area (Å²) in [7, 11) is 0. The number of nitrogens with zero attached hydrogens (tertiary/aromatic N) is 1. The molecule has 5 rings (SSSR count). The van der Waals surface area contributed by atoms with Gasteiger partial charge in [0.05, 0.1) is 13.2 Å². The van der Waals surface area contributed by atoms with Gasteiger partial charge < -0.3 is 15.1 Å². The zero-order valence-corrected chi connectivity index (χ0v) is 17.8. The minimum Gasteiger partial charge on any atom is -0.396 e. The Balaban J connectivity index is 1.30. The third-order valence-electron chi connectivity index (χ3n) is 7.30. The molecule has 0 radical (unpaired) electrons. The van der Waals surface area contributed by atoms with Crippen molar-refractivity contribution in [2.45, 2.75) is 32.1 Å². The lowest BCUT2D eigenvalue weighted by molar-refractivity contribution is -0.134. The molecule has 1 saturated heterocycles. The normalized spacial score (nSPS) is 16.5. The number of aliphatic hydroxyl groups is 2. The summed E-state index contributed by atoms with van der Waals surface area (Å²) in [6.45, 7) is 1.22. The molecule has 1 heterocycles. The summed E-state index contributed by atoms with van der Waals surface area (Å²) >= 11 is 0. The van der Waals surface area contributed by atoms with Crippen LogP contribution in [0.4, 0.5) is 0 Å². The Morgan fingerprint density at radius 3 is 2.13 bits per heavy atom. The average Bonchev–Trinajstić information content (AvgIpc) is 2.83. The van der Waals surface area contributed by atoms with E-state index in [1.807, 2.05) is 4.90 Å². The first-order valence-electron chi connectivity index (χ1n) is 11.3. The molecule has 0 bridgehead atoms. The fourth-order valence-electron chi connectivity index (χ4n) is 5.20. The van der Waals surface area contributed by atoms with Gasteiger partial charge >= 0.3 is 0 Å². The quantitative estimate of drug-likeness (QED) is 0.456. The van der Waals surface area contributed by atoms with Crippen LogP contribution < -0.4 is 0 Å². The molecular formula is C27H29NO3. The number of likely N-dealkylation sites (tertiary alicyclic amines) is 1. The molecule has 4 heteroatoms. The van der Waals surface area contributed by atoms with Crippen LogP contribution in [0.15, 0.2) is 54.6 Å². The molecule has 0 atom stereocenters. The van der Waals surface area contributed by atoms with Gasteiger partial charge in [-0.3, -0.25) is 4.79 Å². The number of amides is 1. The van der Waals surface area contributed by atoms with Gasteiger partial charge in [-0.1, -0.05) is 54.6 Å². The maximum absolute atomic E-state index is 12.7. The van der Waals surface area contributed by atoms with E-state index in [-0.39, 0.29) is 19.1 Å². The van der Waals surface area contributed by atoms with E-state index in [0.717, 1.165) is 12.8 Å². The van der Waals surface area contributed by atoms with Crippen LogP contribution in [-0.2, 0) is 11.2 Å². The number of aryl methyl sites for hydroxylation is 1. The van der Waals surface area contributed by atoms with Gasteiger partial charge in [0, 0.05) is 24.9 Å². The third kappa shape index (κ3) is 3.54. The van der Waals surface area contributed by atoms with E-state index >= 15 is 0 Å². The second kappa shape index (κ2) is 8.10. The number of hydrogen-bond donors (Lipinski definition) is 2. The van der Waals surface area contributed by atoms with Gasteiger partial charge in [0.1, 0.15) is 0 Å². The molecule has 1 aliphatic rings. The molecule has 0 aliphatic carbocycles. The van der Waals surface area contributed by atoms with Crippen molar-refractivity contribution in [2.75, 3.05) is 26.3 Å². The standard InChI is InChI=1S/C27H29NO3/c29-17-27(18-30)13-15-28(16-14-27)24(31)6-2-3-19-7-8-22-10-9-20-4-1-5-21-11-12-23(19)26(22)25(20)21/h1,4-5,7-12,29-30H,2-3,6,13-18H2. The van der Waals surface area contributed by atoms with E-state index in [1.165, 1.54) is 37.9 Å². The van der Waals surface area contributed by atoms with E-state index in [4.69, 9.17) is 0 Å². The van der Waals surface area contributed by atoms with Crippen LogP contribution in [0, 0.1) is 5.41 Å². The zero-order chi connectivity index (χ0) is 21.4. The summed E-state index contributed by atoms with van der Waals surface area (Å²) in [5.74, 6) is 0.183. The van der Waals surface area contributed by atoms with Crippen molar-refractivity contribution < 1.29 is 15.0 Å². The molecule has 4 nitrogen and oxygen atoms in total. The highest BCUT2D eigenvalue weighted by atomic mass is 16.3. The van der Waals surface area contributed by atoms with Crippen LogP contribution in [0.2, 0.25) is 0 Å². The monoisotopic (exact) mass is 415 g/mol. The fraction of sp³-hybridized carbons (Fsp3) is 0.370. The van der Waals surface area contributed by atoms with Crippen molar-refractivity contribution in [2.24, 2.45) is 5.41 Å². The van der Waals surface area contributed by atoms with Crippen LogP contribution >= 0.6 is 0 Å². The lowest BCUT2D eigenvalue weighted by Crippen LogP contribution is -2.46. The molecule has 1 amide bonds. The highest BCUT2D eigenvalue weighted by Crippen LogP contribution is 2.36. The maximum Gasteiger partial charge on any atom is 0.222 e. The van der Waals surface area contributed by atoms with Crippen LogP contribution in [0.3, 0.4) is 0 Å². The first-order chi connectivity index (χ1) is 15.1. The second-order valence-electron chi connectivity index (χ2n) is 9.13. The lowest BCUT2D eigenvalue weighted by atomic mass is 9.80. The lowest BCUT2D eigenvalue weighted by Gasteiger charge is -2.39. The highest BCUT2D eigenvalue weighted by Gasteiger charge is 2.34. The summed E-state index contributed by atoms with van der Waals surface area (Å²) in [6.07, 6.45) is 3.57. The largest absolute Gasteiger partial charge is 0.396 e. The Labute approximate surface area is 182 Å². The molecule has 4 aromatic rings. The summed E-state index contributed by atoms with van der Waals surface area (Å²) in [6, 6.07) is 19.7. The highest BCUT2D eigenvalue weighted by molar-refractivity contribution is 6.23. The predicted molar refractivity (Wildman–Crippen MR) is 126 cm³/mol. The number of carbonyl (C=O) groups is 1. The van der Waals surface area contributed by atoms with Crippen molar-refractivity contribution in [3.05, 3.63) is 60.2 Å². The number of rotatable bonds is 6. The molecule has 0 aromatic heterocycles. The molecule has 31 heavy (non-hydrogen) atoms. The Kier molecular flexibility index (Phi) is 5.28. The number of aliphatic hydroxyl groups excluding tert-OH is 2. The molecule has 1 aliphatic heterocycles. The topological polar surface area (TPSA) is 60.8 Å². The predicted octanol–water partition coefficient (Wildman–Crippen LogP) is 4.50. The van der Waals surface area contributed by atoms with Gasteiger partial charge in [0.25, 0.3) is 0 Å². The van der Waals surface area contributed by atoms with Crippen molar-refractivity contribution >= 4 is 38.2 Å². The van der Waals surface area contributed by atoms with Crippen LogP contribution in [0.5, 0.6) is 0 Å². The molecule has 2 N–H and O–H groups in total. The molecule has 0 unspecified atom stereocenters. The third-order valence-corrected chi connectivity index (χ3v) is 7.30. The average molecular weight is 416 g/mol. The van der Waals surface area contributed by atoms with Crippen LogP contribution in [0.1, 0.15) is 31.2 Å². The molecule has 0 spiro atoms. The van der Waals surface area contributed by atoms with Crippen LogP contribution in [-0.4, -0.2) is 47.3 Å². The molecular weight excluding hydrogens is 386 g/mol. The minimum atomic E-state index is -0.418. The first-order valence-corrected chi connectivity index (χ1v) is 11.3. The fourth-order valence-corrected chi connectivity index (χ4v) is 5.20. The van der Waals surface area contributed by atoms with E-state index in [2.05, 4.69) is 54.6 Å². The number of benzene rings is 4. The van der Waals surface area contributed by atoms with Gasteiger partial charge in [0.2, 0.25) is 5.91 Å². The van der Waals surface area contributed by atoms with E-state index in [9.17, 15) is 15.0 Å². The second-order valence-corrected chi connectivity index (χ2v) is 9.13. The molecule has 160 valence electrons. The minimum absolute atomic E-state index is 0.0137. The molecule has 4 aromatic carbocycles. The van der Waals surface area contributed by atoms with Gasteiger partial charge in [-0.25, -0.2) is 0 Å². The van der Waals surface area contributed by atoms with E-state index in [1.54, 1.807) is 0 Å². The molecule has 1 fully saturated rings. The Hall–Kier alpha value is -2.69. The van der Waals surface area contributed by atoms with Crippen molar-refractivity contribution in [1.29, 1.82) is 0 Å². The number of piperidine rings is 1. The zero-order valence-electron chi connectivity index (χ0n) is 17.8. The van der Waals surface area contributed by atoms with E-state index in [0.29, 0.717) is 32.4 Å². The van der Waals surface area contributed by atoms with Crippen molar-refractivity contribution in [1.82, 2.24) is 4.90 Å². The van der Waals surface area contributed by atoms with E-state index < -0.39 is 5.41 Å². The SMILES string of the molecule is O=C(CCCc1ccc2ccc3cccc4ccc1c2c34)N1CCC(CO)(CO)CC1. The van der Waals surface area contributed by atoms with Crippen LogP contribution in [0.25, 0.3) is 32.3 Å². The Morgan fingerprint density at radius 1 is 0.839 bits per heavy atom. The summed E-state index contributed by atoms with van der Waals surface area (Å²) in [5, 5.41) is 26.9. The Bertz CT molecular complexity index is 1200. The molecule has 0 saturated carbocycles. The Morgan fingerprint density at radius 2 is 1.45 bits per heavy atom. The smallest absolute Gasteiger partial charge is 0.222 e. The van der Waals surface area contributed by atoms with Gasteiger partial charge in [0.15, 0.2) is 0 Å². The summed E-state index contributed by atoms with van der Waals surface area (Å²) < 4.78 is 0. The summed E-state index contributed by atoms with van der Waals surface area (Å²) in [5.41, 5.74) is 0.884. The number of carbonyl (C=O) groups excluding carboxylic acids is 1. The van der Waals surface area contributed by atoms with Gasteiger partial charge in [-0.05, 0) is 63.6 Å². The van der Waals surface area contributed by atoms with Gasteiger partial charge in [-0.2, -0.15) is 0 Å². The number of hydrogen-bond acceptors (Lipinski definition) is 3. The van der Waals surface area contributed by atoms with Gasteiger partial charge in [-0.15, -0.1) is 0 Å². The van der Waals surface area contributed by atoms with Crippen molar-refractivity contribution in [3.63, 3.8) is 0 Å².